The molecule has 31 heavy (non-hydrogen) atoms. The summed E-state index contributed by atoms with van der Waals surface area (Å²) < 4.78 is 0. The topological polar surface area (TPSA) is 42.0 Å². The van der Waals surface area contributed by atoms with Gasteiger partial charge in [0.2, 0.25) is 0 Å². The molecule has 0 spiro atoms. The molecule has 4 rings (SSSR count). The fourth-order valence-corrected chi connectivity index (χ4v) is 4.43. The first-order valence-corrected chi connectivity index (χ1v) is 11.3. The maximum absolute atomic E-state index is 12.5. The number of hydrogen-bond donors (Lipinski definition) is 1. The van der Waals surface area contributed by atoms with Crippen molar-refractivity contribution in [1.82, 2.24) is 4.98 Å². The van der Waals surface area contributed by atoms with Crippen LogP contribution in [0, 0.1) is 0 Å². The van der Waals surface area contributed by atoms with Crippen molar-refractivity contribution in [1.29, 1.82) is 0 Å². The van der Waals surface area contributed by atoms with Crippen molar-refractivity contribution in [2.45, 2.75) is 26.2 Å². The Morgan fingerprint density at radius 1 is 0.968 bits per heavy atom. The average molecular weight is 447 g/mol. The number of amides is 1. The third kappa shape index (κ3) is 4.87. The summed E-state index contributed by atoms with van der Waals surface area (Å²) in [5, 5.41) is 5.53. The first kappa shape index (κ1) is 21.3. The van der Waals surface area contributed by atoms with Crippen LogP contribution >= 0.6 is 22.9 Å². The van der Waals surface area contributed by atoms with E-state index in [9.17, 15) is 4.79 Å². The normalized spacial score (nSPS) is 11.4. The predicted molar refractivity (Wildman–Crippen MR) is 131 cm³/mol. The lowest BCUT2D eigenvalue weighted by molar-refractivity contribution is 0.102. The number of anilines is 1. The van der Waals surface area contributed by atoms with Gasteiger partial charge in [0, 0.05) is 44.0 Å². The van der Waals surface area contributed by atoms with Gasteiger partial charge >= 0.3 is 0 Å². The summed E-state index contributed by atoms with van der Waals surface area (Å²) in [5.74, 6) is -0.183. The summed E-state index contributed by atoms with van der Waals surface area (Å²) >= 11 is 8.24. The Balaban J connectivity index is 1.57. The molecule has 0 unspecified atom stereocenters. The molecule has 1 N–H and O–H groups in total. The average Bonchev–Trinajstić information content (AvgIpc) is 3.24. The number of para-hydroxylation sites is 1. The lowest BCUT2D eigenvalue weighted by atomic mass is 9.90. The minimum atomic E-state index is -0.183. The van der Waals surface area contributed by atoms with Crippen LogP contribution in [0.5, 0.6) is 0 Å². The second-order valence-electron chi connectivity index (χ2n) is 8.39. The molecule has 156 valence electrons. The SMILES string of the molecule is CC(C)(C)c1cc(-c2cc(-c3ccc(C(=O)Nc4ccccc4)cc3Cl)cs2)ccn1. The van der Waals surface area contributed by atoms with Crippen LogP contribution in [0.4, 0.5) is 5.69 Å². The summed E-state index contributed by atoms with van der Waals surface area (Å²) in [6, 6.07) is 21.1. The molecule has 0 saturated carbocycles. The number of benzene rings is 2. The van der Waals surface area contributed by atoms with Gasteiger partial charge in [-0.05, 0) is 59.0 Å². The molecule has 2 heterocycles. The van der Waals surface area contributed by atoms with Crippen molar-refractivity contribution < 1.29 is 4.79 Å². The predicted octanol–water partition coefficient (Wildman–Crippen LogP) is 7.68. The van der Waals surface area contributed by atoms with E-state index in [0.717, 1.165) is 32.9 Å². The van der Waals surface area contributed by atoms with Crippen LogP contribution in [0.1, 0.15) is 36.8 Å². The molecule has 2 aromatic carbocycles. The molecule has 4 aromatic rings. The summed E-state index contributed by atoms with van der Waals surface area (Å²) in [6.07, 6.45) is 1.86. The van der Waals surface area contributed by atoms with Gasteiger partial charge in [-0.1, -0.05) is 56.6 Å². The maximum atomic E-state index is 12.5. The Morgan fingerprint density at radius 3 is 2.45 bits per heavy atom. The van der Waals surface area contributed by atoms with Gasteiger partial charge in [0.15, 0.2) is 0 Å². The van der Waals surface area contributed by atoms with Crippen LogP contribution in [0.15, 0.2) is 78.3 Å². The van der Waals surface area contributed by atoms with Crippen LogP contribution in [0.25, 0.3) is 21.6 Å². The molecular weight excluding hydrogens is 424 g/mol. The van der Waals surface area contributed by atoms with Crippen molar-refractivity contribution in [3.05, 3.63) is 94.6 Å². The molecule has 1 amide bonds. The third-order valence-electron chi connectivity index (χ3n) is 4.99. The van der Waals surface area contributed by atoms with E-state index in [1.807, 2.05) is 48.7 Å². The number of carbonyl (C=O) groups is 1. The number of rotatable bonds is 4. The molecule has 0 fully saturated rings. The van der Waals surface area contributed by atoms with Gasteiger partial charge in [0.1, 0.15) is 0 Å². The Hall–Kier alpha value is -2.95. The molecule has 0 atom stereocenters. The summed E-state index contributed by atoms with van der Waals surface area (Å²) in [7, 11) is 0. The second kappa shape index (κ2) is 8.66. The highest BCUT2D eigenvalue weighted by atomic mass is 35.5. The fraction of sp³-hybridized carbons (Fsp3) is 0.154. The van der Waals surface area contributed by atoms with E-state index in [1.165, 1.54) is 0 Å². The number of aromatic nitrogens is 1. The van der Waals surface area contributed by atoms with Crippen molar-refractivity contribution >= 4 is 34.5 Å². The standard InChI is InChI=1S/C26H23ClN2OS/c1-26(2,3)24-15-17(11-12-28-24)23-14-19(16-31-23)21-10-9-18(13-22(21)27)25(30)29-20-7-5-4-6-8-20/h4-16H,1-3H3,(H,29,30). The van der Waals surface area contributed by atoms with Crippen LogP contribution in [-0.4, -0.2) is 10.9 Å². The zero-order valence-electron chi connectivity index (χ0n) is 17.6. The number of pyridine rings is 1. The van der Waals surface area contributed by atoms with E-state index in [2.05, 4.69) is 48.6 Å². The van der Waals surface area contributed by atoms with Crippen molar-refractivity contribution in [3.63, 3.8) is 0 Å². The number of carbonyl (C=O) groups excluding carboxylic acids is 1. The zero-order valence-corrected chi connectivity index (χ0v) is 19.2. The largest absolute Gasteiger partial charge is 0.322 e. The molecule has 0 aliphatic heterocycles. The quantitative estimate of drug-likeness (QED) is 0.349. The monoisotopic (exact) mass is 446 g/mol. The molecule has 0 aliphatic carbocycles. The van der Waals surface area contributed by atoms with E-state index in [-0.39, 0.29) is 11.3 Å². The second-order valence-corrected chi connectivity index (χ2v) is 9.71. The number of halogens is 1. The van der Waals surface area contributed by atoms with Gasteiger partial charge in [-0.3, -0.25) is 9.78 Å². The zero-order chi connectivity index (χ0) is 22.0. The van der Waals surface area contributed by atoms with Gasteiger partial charge in [0.25, 0.3) is 5.91 Å². The van der Waals surface area contributed by atoms with Crippen LogP contribution < -0.4 is 5.32 Å². The summed E-state index contributed by atoms with van der Waals surface area (Å²) in [5.41, 5.74) is 5.42. The van der Waals surface area contributed by atoms with E-state index in [0.29, 0.717) is 10.6 Å². The maximum Gasteiger partial charge on any atom is 0.255 e. The molecule has 5 heteroatoms. The van der Waals surface area contributed by atoms with E-state index in [1.54, 1.807) is 23.5 Å². The Labute approximate surface area is 191 Å². The van der Waals surface area contributed by atoms with Gasteiger partial charge < -0.3 is 5.32 Å². The number of nitrogens with zero attached hydrogens (tertiary/aromatic N) is 1. The Bertz CT molecular complexity index is 1230. The van der Waals surface area contributed by atoms with E-state index < -0.39 is 0 Å². The van der Waals surface area contributed by atoms with E-state index >= 15 is 0 Å². The van der Waals surface area contributed by atoms with E-state index in [4.69, 9.17) is 11.6 Å². The molecule has 2 aromatic heterocycles. The number of nitrogens with one attached hydrogen (secondary N) is 1. The minimum absolute atomic E-state index is 0.00440. The van der Waals surface area contributed by atoms with Crippen LogP contribution in [0.3, 0.4) is 0 Å². The van der Waals surface area contributed by atoms with Crippen LogP contribution in [0.2, 0.25) is 5.02 Å². The highest BCUT2D eigenvalue weighted by Gasteiger charge is 2.17. The first-order chi connectivity index (χ1) is 14.8. The molecule has 0 radical (unpaired) electrons. The third-order valence-corrected chi connectivity index (χ3v) is 6.28. The fourth-order valence-electron chi connectivity index (χ4n) is 3.24. The minimum Gasteiger partial charge on any atom is -0.322 e. The number of thiophene rings is 1. The van der Waals surface area contributed by atoms with Gasteiger partial charge in [0.05, 0.1) is 0 Å². The smallest absolute Gasteiger partial charge is 0.255 e. The molecule has 0 saturated heterocycles. The highest BCUT2D eigenvalue weighted by molar-refractivity contribution is 7.14. The molecule has 0 aliphatic rings. The van der Waals surface area contributed by atoms with Gasteiger partial charge in [-0.15, -0.1) is 11.3 Å². The lowest BCUT2D eigenvalue weighted by Crippen LogP contribution is -2.13. The molecule has 3 nitrogen and oxygen atoms in total. The summed E-state index contributed by atoms with van der Waals surface area (Å²) in [6.45, 7) is 6.48. The van der Waals surface area contributed by atoms with Crippen molar-refractivity contribution in [3.8, 4) is 21.6 Å². The summed E-state index contributed by atoms with van der Waals surface area (Å²) in [4.78, 5) is 18.2. The molecular formula is C26H23ClN2OS. The van der Waals surface area contributed by atoms with Gasteiger partial charge in [-0.25, -0.2) is 0 Å². The van der Waals surface area contributed by atoms with Crippen molar-refractivity contribution in [2.75, 3.05) is 5.32 Å². The first-order valence-electron chi connectivity index (χ1n) is 10.0. The number of hydrogen-bond acceptors (Lipinski definition) is 3. The van der Waals surface area contributed by atoms with Gasteiger partial charge in [-0.2, -0.15) is 0 Å². The lowest BCUT2D eigenvalue weighted by Gasteiger charge is -2.17. The highest BCUT2D eigenvalue weighted by Crippen LogP contribution is 2.37. The Morgan fingerprint density at radius 2 is 1.74 bits per heavy atom. The van der Waals surface area contributed by atoms with Crippen molar-refractivity contribution in [2.24, 2.45) is 0 Å². The van der Waals surface area contributed by atoms with Crippen LogP contribution in [-0.2, 0) is 5.41 Å². The Kier molecular flexibility index (Phi) is 5.94. The molecule has 0 bridgehead atoms.